The molecule has 34 heavy (non-hydrogen) atoms. The lowest BCUT2D eigenvalue weighted by Gasteiger charge is -2.19. The van der Waals surface area contributed by atoms with Gasteiger partial charge < -0.3 is 14.2 Å². The average molecular weight is 480 g/mol. The summed E-state index contributed by atoms with van der Waals surface area (Å²) in [7, 11) is 1.62. The molecule has 178 valence electrons. The zero-order chi connectivity index (χ0) is 23.9. The van der Waals surface area contributed by atoms with Crippen molar-refractivity contribution in [3.63, 3.8) is 0 Å². The van der Waals surface area contributed by atoms with Crippen LogP contribution in [0.15, 0.2) is 63.0 Å². The number of para-hydroxylation sites is 1. The molecule has 0 fully saturated rings. The maximum absolute atomic E-state index is 13.3. The molecule has 0 aliphatic carbocycles. The predicted octanol–water partition coefficient (Wildman–Crippen LogP) is 4.48. The number of methoxy groups -OCH3 is 1. The molecule has 0 aliphatic rings. The Hall–Kier alpha value is -3.17. The molecular formula is C25H29N5O3S. The molecular weight excluding hydrogens is 450 g/mol. The highest BCUT2D eigenvalue weighted by Gasteiger charge is 2.15. The number of aromatic nitrogens is 4. The van der Waals surface area contributed by atoms with Crippen LogP contribution < -0.4 is 10.3 Å². The van der Waals surface area contributed by atoms with E-state index in [1.54, 1.807) is 11.7 Å². The molecule has 0 unspecified atom stereocenters. The van der Waals surface area contributed by atoms with E-state index in [1.807, 2.05) is 48.5 Å². The van der Waals surface area contributed by atoms with Crippen molar-refractivity contribution >= 4 is 22.7 Å². The molecule has 0 atom stereocenters. The zero-order valence-corrected chi connectivity index (χ0v) is 20.5. The first-order valence-electron chi connectivity index (χ1n) is 11.4. The minimum absolute atomic E-state index is 0.0183. The highest BCUT2D eigenvalue weighted by atomic mass is 32.2. The predicted molar refractivity (Wildman–Crippen MR) is 134 cm³/mol. The Morgan fingerprint density at radius 1 is 1.09 bits per heavy atom. The summed E-state index contributed by atoms with van der Waals surface area (Å²) in [5.74, 6) is 2.11. The molecule has 0 spiro atoms. The van der Waals surface area contributed by atoms with Gasteiger partial charge in [0.05, 0.1) is 23.8 Å². The summed E-state index contributed by atoms with van der Waals surface area (Å²) in [6.45, 7) is 7.83. The van der Waals surface area contributed by atoms with E-state index >= 15 is 0 Å². The van der Waals surface area contributed by atoms with E-state index in [9.17, 15) is 4.79 Å². The normalized spacial score (nSPS) is 11.4. The molecule has 0 N–H and O–H groups in total. The van der Waals surface area contributed by atoms with E-state index in [0.717, 1.165) is 37.4 Å². The molecule has 0 saturated heterocycles. The van der Waals surface area contributed by atoms with E-state index in [1.165, 1.54) is 11.8 Å². The lowest BCUT2D eigenvalue weighted by atomic mass is 10.2. The largest absolute Gasteiger partial charge is 0.497 e. The van der Waals surface area contributed by atoms with Gasteiger partial charge in [0.15, 0.2) is 5.16 Å². The number of fused-ring (bicyclic) bond motifs is 1. The fourth-order valence-corrected chi connectivity index (χ4v) is 4.63. The summed E-state index contributed by atoms with van der Waals surface area (Å²) in [5.41, 5.74) is 1.49. The first-order chi connectivity index (χ1) is 16.6. The monoisotopic (exact) mass is 479 g/mol. The van der Waals surface area contributed by atoms with Gasteiger partial charge in [0.2, 0.25) is 11.7 Å². The van der Waals surface area contributed by atoms with Gasteiger partial charge in [0.1, 0.15) is 5.75 Å². The fraction of sp³-hybridized carbons (Fsp3) is 0.360. The SMILES string of the molecule is CCN(CC)CCCn1c(SCc2nc(-c3cccc(OC)c3)no2)nc2ccccc2c1=O. The van der Waals surface area contributed by atoms with Gasteiger partial charge in [0.25, 0.3) is 5.56 Å². The van der Waals surface area contributed by atoms with Crippen LogP contribution in [0.3, 0.4) is 0 Å². The maximum Gasteiger partial charge on any atom is 0.262 e. The molecule has 2 aromatic heterocycles. The van der Waals surface area contributed by atoms with Crippen molar-refractivity contribution in [3.05, 3.63) is 64.8 Å². The minimum atomic E-state index is -0.0183. The van der Waals surface area contributed by atoms with Gasteiger partial charge in [-0.3, -0.25) is 9.36 Å². The zero-order valence-electron chi connectivity index (χ0n) is 19.7. The lowest BCUT2D eigenvalue weighted by Crippen LogP contribution is -2.28. The van der Waals surface area contributed by atoms with Gasteiger partial charge in [-0.2, -0.15) is 4.98 Å². The topological polar surface area (TPSA) is 86.3 Å². The smallest absolute Gasteiger partial charge is 0.262 e. The molecule has 2 heterocycles. The third-order valence-electron chi connectivity index (χ3n) is 5.70. The summed E-state index contributed by atoms with van der Waals surface area (Å²) in [6.07, 6.45) is 0.871. The van der Waals surface area contributed by atoms with Crippen LogP contribution in [0.25, 0.3) is 22.3 Å². The van der Waals surface area contributed by atoms with Gasteiger partial charge in [-0.1, -0.05) is 55.0 Å². The Morgan fingerprint density at radius 3 is 2.71 bits per heavy atom. The summed E-state index contributed by atoms with van der Waals surface area (Å²) < 4.78 is 12.5. The van der Waals surface area contributed by atoms with Crippen LogP contribution in [-0.2, 0) is 12.3 Å². The van der Waals surface area contributed by atoms with Crippen molar-refractivity contribution in [2.75, 3.05) is 26.7 Å². The molecule has 9 heteroatoms. The van der Waals surface area contributed by atoms with Crippen LogP contribution in [0.2, 0.25) is 0 Å². The van der Waals surface area contributed by atoms with Crippen LogP contribution >= 0.6 is 11.8 Å². The Bertz CT molecular complexity index is 1300. The van der Waals surface area contributed by atoms with E-state index in [-0.39, 0.29) is 5.56 Å². The third-order valence-corrected chi connectivity index (χ3v) is 6.66. The van der Waals surface area contributed by atoms with Gasteiger partial charge >= 0.3 is 0 Å². The first-order valence-corrected chi connectivity index (χ1v) is 12.4. The van der Waals surface area contributed by atoms with Crippen molar-refractivity contribution in [2.24, 2.45) is 0 Å². The Labute approximate surface area is 203 Å². The molecule has 8 nitrogen and oxygen atoms in total. The lowest BCUT2D eigenvalue weighted by molar-refractivity contribution is 0.290. The van der Waals surface area contributed by atoms with Gasteiger partial charge in [-0.05, 0) is 50.3 Å². The number of hydrogen-bond donors (Lipinski definition) is 0. The molecule has 0 saturated carbocycles. The second-order valence-electron chi connectivity index (χ2n) is 7.78. The Balaban J connectivity index is 1.55. The quantitative estimate of drug-likeness (QED) is 0.230. The molecule has 0 radical (unpaired) electrons. The number of rotatable bonds is 11. The van der Waals surface area contributed by atoms with Gasteiger partial charge in [-0.25, -0.2) is 4.98 Å². The van der Waals surface area contributed by atoms with E-state index < -0.39 is 0 Å². The standard InChI is InChI=1S/C25H29N5O3S/c1-4-29(5-2)14-9-15-30-24(31)20-12-6-7-13-21(20)26-25(30)34-17-22-27-23(28-33-22)18-10-8-11-19(16-18)32-3/h6-8,10-13,16H,4-5,9,14-15,17H2,1-3H3. The second kappa shape index (κ2) is 11.3. The molecule has 4 rings (SSSR count). The van der Waals surface area contributed by atoms with Crippen LogP contribution in [0, 0.1) is 0 Å². The maximum atomic E-state index is 13.3. The van der Waals surface area contributed by atoms with E-state index in [2.05, 4.69) is 28.9 Å². The summed E-state index contributed by atoms with van der Waals surface area (Å²) >= 11 is 1.43. The molecule has 0 bridgehead atoms. The summed E-state index contributed by atoms with van der Waals surface area (Å²) in [5, 5.41) is 5.39. The molecule has 0 aliphatic heterocycles. The summed E-state index contributed by atoms with van der Waals surface area (Å²) in [4.78, 5) is 24.9. The van der Waals surface area contributed by atoms with Gasteiger partial charge in [-0.15, -0.1) is 0 Å². The van der Waals surface area contributed by atoms with Crippen molar-refractivity contribution in [1.29, 1.82) is 0 Å². The van der Waals surface area contributed by atoms with Crippen molar-refractivity contribution in [3.8, 4) is 17.1 Å². The van der Waals surface area contributed by atoms with Crippen molar-refractivity contribution < 1.29 is 9.26 Å². The average Bonchev–Trinajstić information content (AvgIpc) is 3.36. The Kier molecular flexibility index (Phi) is 7.97. The van der Waals surface area contributed by atoms with Crippen LogP contribution in [0.1, 0.15) is 26.2 Å². The minimum Gasteiger partial charge on any atom is -0.497 e. The van der Waals surface area contributed by atoms with Crippen molar-refractivity contribution in [2.45, 2.75) is 37.7 Å². The van der Waals surface area contributed by atoms with Crippen LogP contribution in [-0.4, -0.2) is 51.3 Å². The number of hydrogen-bond acceptors (Lipinski definition) is 8. The van der Waals surface area contributed by atoms with Crippen LogP contribution in [0.4, 0.5) is 0 Å². The molecule has 0 amide bonds. The van der Waals surface area contributed by atoms with E-state index in [0.29, 0.717) is 40.1 Å². The van der Waals surface area contributed by atoms with Crippen molar-refractivity contribution in [1.82, 2.24) is 24.6 Å². The second-order valence-corrected chi connectivity index (χ2v) is 8.72. The molecule has 2 aromatic carbocycles. The first kappa shape index (κ1) is 24.0. The highest BCUT2D eigenvalue weighted by Crippen LogP contribution is 2.25. The number of benzene rings is 2. The highest BCUT2D eigenvalue weighted by molar-refractivity contribution is 7.98. The molecule has 4 aromatic rings. The fourth-order valence-electron chi connectivity index (χ4n) is 3.77. The summed E-state index contributed by atoms with van der Waals surface area (Å²) in [6, 6.07) is 15.0. The number of thioether (sulfide) groups is 1. The number of ether oxygens (including phenoxy) is 1. The van der Waals surface area contributed by atoms with Crippen LogP contribution in [0.5, 0.6) is 5.75 Å². The number of nitrogens with zero attached hydrogens (tertiary/aromatic N) is 5. The van der Waals surface area contributed by atoms with E-state index in [4.69, 9.17) is 14.2 Å². The Morgan fingerprint density at radius 2 is 1.91 bits per heavy atom. The third kappa shape index (κ3) is 5.48. The van der Waals surface area contributed by atoms with Gasteiger partial charge in [0, 0.05) is 12.1 Å².